The number of carbonyl (C=O) groups is 1. The molecule has 4 rings (SSSR count). The highest BCUT2D eigenvalue weighted by Gasteiger charge is 2.28. The molecule has 3 aromatic heterocycles. The van der Waals surface area contributed by atoms with Gasteiger partial charge in [0.25, 0.3) is 5.91 Å². The summed E-state index contributed by atoms with van der Waals surface area (Å²) in [6.07, 6.45) is 4.89. The Balaban J connectivity index is 1.36. The molecule has 0 bridgehead atoms. The van der Waals surface area contributed by atoms with Crippen LogP contribution in [0.2, 0.25) is 0 Å². The van der Waals surface area contributed by atoms with Crippen LogP contribution in [0.25, 0.3) is 10.6 Å². The van der Waals surface area contributed by atoms with Crippen LogP contribution in [-0.2, 0) is 6.42 Å². The fourth-order valence-corrected chi connectivity index (χ4v) is 4.65. The molecule has 3 aromatic rings. The van der Waals surface area contributed by atoms with Gasteiger partial charge in [0.2, 0.25) is 0 Å². The van der Waals surface area contributed by atoms with Gasteiger partial charge in [0.15, 0.2) is 5.69 Å². The molecule has 152 valence electrons. The van der Waals surface area contributed by atoms with Crippen LogP contribution in [0.1, 0.15) is 33.9 Å². The Morgan fingerprint density at radius 2 is 2.24 bits per heavy atom. The van der Waals surface area contributed by atoms with Crippen molar-refractivity contribution in [2.75, 3.05) is 26.7 Å². The first-order valence-corrected chi connectivity index (χ1v) is 10.9. The molecule has 1 aliphatic rings. The van der Waals surface area contributed by atoms with Crippen molar-refractivity contribution in [1.29, 1.82) is 0 Å². The van der Waals surface area contributed by atoms with Crippen LogP contribution in [0.4, 0.5) is 0 Å². The zero-order chi connectivity index (χ0) is 20.2. The molecule has 1 amide bonds. The van der Waals surface area contributed by atoms with E-state index in [9.17, 15) is 4.79 Å². The molecule has 6 nitrogen and oxygen atoms in total. The van der Waals surface area contributed by atoms with Gasteiger partial charge in [0.05, 0.1) is 10.6 Å². The lowest BCUT2D eigenvalue weighted by Gasteiger charge is -2.37. The molecule has 1 N–H and O–H groups in total. The molecule has 1 unspecified atom stereocenters. The Labute approximate surface area is 175 Å². The molecular formula is C22H27N5OS. The maximum Gasteiger partial charge on any atom is 0.274 e. The van der Waals surface area contributed by atoms with Gasteiger partial charge < -0.3 is 9.80 Å². The number of rotatable bonds is 6. The summed E-state index contributed by atoms with van der Waals surface area (Å²) < 4.78 is 0. The van der Waals surface area contributed by atoms with Crippen LogP contribution in [0.5, 0.6) is 0 Å². The lowest BCUT2D eigenvalue weighted by Crippen LogP contribution is -2.49. The second-order valence-electron chi connectivity index (χ2n) is 7.68. The highest BCUT2D eigenvalue weighted by Crippen LogP contribution is 2.27. The number of likely N-dealkylation sites (tertiary alicyclic amines) is 1. The summed E-state index contributed by atoms with van der Waals surface area (Å²) in [5.74, 6) is 0.0172. The van der Waals surface area contributed by atoms with Gasteiger partial charge in [-0.1, -0.05) is 6.07 Å². The van der Waals surface area contributed by atoms with Crippen molar-refractivity contribution in [1.82, 2.24) is 25.0 Å². The van der Waals surface area contributed by atoms with E-state index in [2.05, 4.69) is 52.3 Å². The molecule has 7 heteroatoms. The quantitative estimate of drug-likeness (QED) is 0.675. The predicted molar refractivity (Wildman–Crippen MR) is 116 cm³/mol. The molecule has 1 aliphatic heterocycles. The van der Waals surface area contributed by atoms with Gasteiger partial charge in [-0.05, 0) is 57.1 Å². The van der Waals surface area contributed by atoms with Crippen LogP contribution < -0.4 is 0 Å². The molecule has 0 aliphatic carbocycles. The highest BCUT2D eigenvalue weighted by atomic mass is 32.1. The SMILES string of the molecule is Cc1ccc(-c2cc(C(=O)N3CCCC(N(C)CCc4ccccn4)C3)n[nH]2)s1. The first-order valence-electron chi connectivity index (χ1n) is 10.1. The maximum absolute atomic E-state index is 13.0. The number of aromatic nitrogens is 3. The third kappa shape index (κ3) is 4.74. The van der Waals surface area contributed by atoms with Crippen molar-refractivity contribution in [3.63, 3.8) is 0 Å². The summed E-state index contributed by atoms with van der Waals surface area (Å²) in [6, 6.07) is 12.4. The number of aryl methyl sites for hydroxylation is 1. The number of thiophene rings is 1. The van der Waals surface area contributed by atoms with E-state index in [0.29, 0.717) is 11.7 Å². The lowest BCUT2D eigenvalue weighted by molar-refractivity contribution is 0.0605. The van der Waals surface area contributed by atoms with E-state index in [1.165, 1.54) is 4.88 Å². The van der Waals surface area contributed by atoms with E-state index in [1.807, 2.05) is 29.3 Å². The molecule has 0 saturated carbocycles. The summed E-state index contributed by atoms with van der Waals surface area (Å²) in [4.78, 5) is 24.1. The van der Waals surface area contributed by atoms with Crippen molar-refractivity contribution in [2.45, 2.75) is 32.2 Å². The Bertz CT molecular complexity index is 951. The highest BCUT2D eigenvalue weighted by molar-refractivity contribution is 7.15. The van der Waals surface area contributed by atoms with Crippen LogP contribution >= 0.6 is 11.3 Å². The largest absolute Gasteiger partial charge is 0.336 e. The van der Waals surface area contributed by atoms with Gasteiger partial charge in [0.1, 0.15) is 0 Å². The Hall–Kier alpha value is -2.51. The molecule has 29 heavy (non-hydrogen) atoms. The molecule has 0 aromatic carbocycles. The minimum atomic E-state index is 0.0172. The van der Waals surface area contributed by atoms with Gasteiger partial charge in [0, 0.05) is 48.9 Å². The topological polar surface area (TPSA) is 65.1 Å². The third-order valence-corrected chi connectivity index (χ3v) is 6.59. The van der Waals surface area contributed by atoms with Crippen molar-refractivity contribution in [2.24, 2.45) is 0 Å². The number of amides is 1. The average molecular weight is 410 g/mol. The maximum atomic E-state index is 13.0. The standard InChI is InChI=1S/C22H27N5OS/c1-16-8-9-21(29-16)19-14-20(25-24-19)22(28)27-12-5-7-18(15-27)26(2)13-10-17-6-3-4-11-23-17/h3-4,6,8-9,11,14,18H,5,7,10,12-13,15H2,1-2H3,(H,24,25). The van der Waals surface area contributed by atoms with E-state index in [-0.39, 0.29) is 5.91 Å². The summed E-state index contributed by atoms with van der Waals surface area (Å²) in [5, 5.41) is 7.31. The second-order valence-corrected chi connectivity index (χ2v) is 8.96. The zero-order valence-electron chi connectivity index (χ0n) is 17.0. The number of H-pyrrole nitrogens is 1. The number of nitrogens with zero attached hydrogens (tertiary/aromatic N) is 4. The zero-order valence-corrected chi connectivity index (χ0v) is 17.8. The van der Waals surface area contributed by atoms with Crippen LogP contribution in [0.3, 0.4) is 0 Å². The van der Waals surface area contributed by atoms with Gasteiger partial charge in [-0.2, -0.15) is 5.10 Å². The summed E-state index contributed by atoms with van der Waals surface area (Å²) >= 11 is 1.70. The molecule has 1 fully saturated rings. The smallest absolute Gasteiger partial charge is 0.274 e. The van der Waals surface area contributed by atoms with Crippen LogP contribution in [0.15, 0.2) is 42.6 Å². The monoisotopic (exact) mass is 409 g/mol. The Morgan fingerprint density at radius 1 is 1.34 bits per heavy atom. The van der Waals surface area contributed by atoms with Crippen LogP contribution in [0, 0.1) is 6.92 Å². The van der Waals surface area contributed by atoms with E-state index in [0.717, 1.165) is 55.2 Å². The number of likely N-dealkylation sites (N-methyl/N-ethyl adjacent to an activating group) is 1. The van der Waals surface area contributed by atoms with Gasteiger partial charge >= 0.3 is 0 Å². The molecule has 0 radical (unpaired) electrons. The molecule has 0 spiro atoms. The number of hydrogen-bond acceptors (Lipinski definition) is 5. The number of piperidine rings is 1. The fraction of sp³-hybridized carbons (Fsp3) is 0.409. The van der Waals surface area contributed by atoms with Crippen molar-refractivity contribution >= 4 is 17.2 Å². The molecular weight excluding hydrogens is 382 g/mol. The van der Waals surface area contributed by atoms with E-state index in [1.54, 1.807) is 11.3 Å². The predicted octanol–water partition coefficient (Wildman–Crippen LogP) is 3.62. The first-order chi connectivity index (χ1) is 14.1. The Kier molecular flexibility index (Phi) is 6.06. The average Bonchev–Trinajstić information content (AvgIpc) is 3.41. The van der Waals surface area contributed by atoms with Crippen LogP contribution in [-0.4, -0.2) is 63.6 Å². The van der Waals surface area contributed by atoms with E-state index < -0.39 is 0 Å². The van der Waals surface area contributed by atoms with Crippen molar-refractivity contribution < 1.29 is 4.79 Å². The first kappa shape index (κ1) is 19.8. The number of aromatic amines is 1. The number of nitrogens with one attached hydrogen (secondary N) is 1. The Morgan fingerprint density at radius 3 is 3.00 bits per heavy atom. The molecule has 1 saturated heterocycles. The van der Waals surface area contributed by atoms with Gasteiger partial charge in [-0.3, -0.25) is 14.9 Å². The van der Waals surface area contributed by atoms with E-state index >= 15 is 0 Å². The van der Waals surface area contributed by atoms with E-state index in [4.69, 9.17) is 0 Å². The molecule has 4 heterocycles. The number of pyridine rings is 1. The minimum Gasteiger partial charge on any atom is -0.336 e. The normalized spacial score (nSPS) is 17.1. The summed E-state index contributed by atoms with van der Waals surface area (Å²) in [5.41, 5.74) is 2.52. The molecule has 1 atom stereocenters. The van der Waals surface area contributed by atoms with Gasteiger partial charge in [-0.15, -0.1) is 11.3 Å². The lowest BCUT2D eigenvalue weighted by atomic mass is 10.0. The van der Waals surface area contributed by atoms with Crippen molar-refractivity contribution in [3.8, 4) is 10.6 Å². The summed E-state index contributed by atoms with van der Waals surface area (Å²) in [7, 11) is 2.15. The number of carbonyl (C=O) groups excluding carboxylic acids is 1. The number of hydrogen-bond donors (Lipinski definition) is 1. The third-order valence-electron chi connectivity index (χ3n) is 5.56. The minimum absolute atomic E-state index is 0.0172. The second kappa shape index (κ2) is 8.88. The van der Waals surface area contributed by atoms with Gasteiger partial charge in [-0.25, -0.2) is 0 Å². The van der Waals surface area contributed by atoms with Crippen molar-refractivity contribution in [3.05, 3.63) is 58.9 Å². The fourth-order valence-electron chi connectivity index (χ4n) is 3.82. The summed E-state index contributed by atoms with van der Waals surface area (Å²) in [6.45, 7) is 4.56.